The van der Waals surface area contributed by atoms with Gasteiger partial charge in [0.15, 0.2) is 0 Å². The van der Waals surface area contributed by atoms with Crippen molar-refractivity contribution >= 4 is 5.91 Å². The Balaban J connectivity index is 2.56. The number of nitrogens with two attached hydrogens (primary N) is 1. The number of rotatable bonds is 5. The van der Waals surface area contributed by atoms with E-state index in [1.165, 1.54) is 0 Å². The van der Waals surface area contributed by atoms with Crippen molar-refractivity contribution < 1.29 is 4.79 Å². The molecule has 0 heterocycles. The monoisotopic (exact) mass is 254 g/mol. The van der Waals surface area contributed by atoms with Crippen LogP contribution in [-0.2, 0) is 4.79 Å². The van der Waals surface area contributed by atoms with Crippen LogP contribution in [0.4, 0.5) is 0 Å². The third-order valence-electron chi connectivity index (χ3n) is 4.00. The molecule has 0 radical (unpaired) electrons. The van der Waals surface area contributed by atoms with E-state index < -0.39 is 0 Å². The first-order valence-corrected chi connectivity index (χ1v) is 7.46. The Morgan fingerprint density at radius 2 is 1.72 bits per heavy atom. The van der Waals surface area contributed by atoms with Crippen LogP contribution in [0.2, 0.25) is 0 Å². The van der Waals surface area contributed by atoms with Crippen LogP contribution in [0.5, 0.6) is 0 Å². The molecule has 0 spiro atoms. The second-order valence-electron chi connectivity index (χ2n) is 6.43. The number of carbonyl (C=O) groups is 1. The Morgan fingerprint density at radius 1 is 1.17 bits per heavy atom. The summed E-state index contributed by atoms with van der Waals surface area (Å²) in [5, 5.41) is 0. The standard InChI is InChI=1S/C15H30N2O/c1-11(2)10-17(12(3)4)15(18)14-7-5-13(9-16)6-8-14/h11-14H,5-10,16H2,1-4H3. The number of hydrogen-bond donors (Lipinski definition) is 1. The van der Waals surface area contributed by atoms with E-state index in [0.717, 1.165) is 38.8 Å². The first-order chi connectivity index (χ1) is 8.45. The molecule has 0 bridgehead atoms. The van der Waals surface area contributed by atoms with Gasteiger partial charge in [-0.25, -0.2) is 0 Å². The van der Waals surface area contributed by atoms with Crippen LogP contribution >= 0.6 is 0 Å². The number of amides is 1. The van der Waals surface area contributed by atoms with Gasteiger partial charge in [-0.1, -0.05) is 13.8 Å². The molecule has 0 aromatic carbocycles. The molecule has 106 valence electrons. The first kappa shape index (κ1) is 15.5. The third-order valence-corrected chi connectivity index (χ3v) is 4.00. The minimum Gasteiger partial charge on any atom is -0.340 e. The summed E-state index contributed by atoms with van der Waals surface area (Å²) in [5.74, 6) is 1.80. The lowest BCUT2D eigenvalue weighted by atomic mass is 9.81. The van der Waals surface area contributed by atoms with Crippen LogP contribution in [0.25, 0.3) is 0 Å². The molecule has 18 heavy (non-hydrogen) atoms. The van der Waals surface area contributed by atoms with Crippen molar-refractivity contribution in [1.82, 2.24) is 4.90 Å². The van der Waals surface area contributed by atoms with Gasteiger partial charge in [-0.2, -0.15) is 0 Å². The fourth-order valence-electron chi connectivity index (χ4n) is 2.83. The Morgan fingerprint density at radius 3 is 2.11 bits per heavy atom. The molecule has 0 saturated heterocycles. The van der Waals surface area contributed by atoms with Gasteiger partial charge in [-0.05, 0) is 57.9 Å². The Bertz CT molecular complexity index is 255. The first-order valence-electron chi connectivity index (χ1n) is 7.46. The maximum Gasteiger partial charge on any atom is 0.225 e. The summed E-state index contributed by atoms with van der Waals surface area (Å²) in [6.45, 7) is 10.2. The highest BCUT2D eigenvalue weighted by molar-refractivity contribution is 5.79. The van der Waals surface area contributed by atoms with E-state index in [1.807, 2.05) is 0 Å². The molecule has 0 unspecified atom stereocenters. The second kappa shape index (κ2) is 7.13. The highest BCUT2D eigenvalue weighted by atomic mass is 16.2. The minimum absolute atomic E-state index is 0.244. The predicted molar refractivity (Wildman–Crippen MR) is 76.2 cm³/mol. The minimum atomic E-state index is 0.244. The Hall–Kier alpha value is -0.570. The van der Waals surface area contributed by atoms with Gasteiger partial charge in [0.1, 0.15) is 0 Å². The van der Waals surface area contributed by atoms with Crippen molar-refractivity contribution in [1.29, 1.82) is 0 Å². The lowest BCUT2D eigenvalue weighted by molar-refractivity contribution is -0.139. The van der Waals surface area contributed by atoms with Crippen LogP contribution in [0.1, 0.15) is 53.4 Å². The SMILES string of the molecule is CC(C)CN(C(=O)C1CCC(CN)CC1)C(C)C. The van der Waals surface area contributed by atoms with Crippen molar-refractivity contribution in [2.45, 2.75) is 59.4 Å². The Kier molecular flexibility index (Phi) is 6.13. The molecule has 1 fully saturated rings. The molecule has 3 nitrogen and oxygen atoms in total. The van der Waals surface area contributed by atoms with Crippen LogP contribution in [0.15, 0.2) is 0 Å². The van der Waals surface area contributed by atoms with Crippen molar-refractivity contribution in [3.8, 4) is 0 Å². The maximum atomic E-state index is 12.6. The number of hydrogen-bond acceptors (Lipinski definition) is 2. The molecule has 0 atom stereocenters. The molecule has 0 aromatic heterocycles. The largest absolute Gasteiger partial charge is 0.340 e. The van der Waals surface area contributed by atoms with E-state index in [4.69, 9.17) is 5.73 Å². The van der Waals surface area contributed by atoms with Gasteiger partial charge in [0.25, 0.3) is 0 Å². The fraction of sp³-hybridized carbons (Fsp3) is 0.933. The molecule has 1 aliphatic rings. The molecule has 2 N–H and O–H groups in total. The molecule has 0 aromatic rings. The van der Waals surface area contributed by atoms with E-state index in [2.05, 4.69) is 32.6 Å². The number of nitrogens with zero attached hydrogens (tertiary/aromatic N) is 1. The molecule has 1 aliphatic carbocycles. The van der Waals surface area contributed by atoms with Gasteiger partial charge < -0.3 is 10.6 Å². The maximum absolute atomic E-state index is 12.6. The predicted octanol–water partition coefficient (Wildman–Crippen LogP) is 2.64. The van der Waals surface area contributed by atoms with E-state index >= 15 is 0 Å². The molecule has 1 rings (SSSR count). The normalized spacial score (nSPS) is 24.6. The van der Waals surface area contributed by atoms with Crippen LogP contribution in [0, 0.1) is 17.8 Å². The van der Waals surface area contributed by atoms with Gasteiger partial charge in [0, 0.05) is 18.5 Å². The lowest BCUT2D eigenvalue weighted by Crippen LogP contribution is -2.44. The van der Waals surface area contributed by atoms with Crippen molar-refractivity contribution in [2.75, 3.05) is 13.1 Å². The third kappa shape index (κ3) is 4.27. The summed E-state index contributed by atoms with van der Waals surface area (Å²) in [6.07, 6.45) is 4.31. The molecular weight excluding hydrogens is 224 g/mol. The molecule has 1 amide bonds. The molecule has 0 aliphatic heterocycles. The zero-order chi connectivity index (χ0) is 13.7. The fourth-order valence-corrected chi connectivity index (χ4v) is 2.83. The van der Waals surface area contributed by atoms with E-state index in [9.17, 15) is 4.79 Å². The summed E-state index contributed by atoms with van der Waals surface area (Å²) in [6, 6.07) is 0.312. The molecule has 3 heteroatoms. The topological polar surface area (TPSA) is 46.3 Å². The van der Waals surface area contributed by atoms with Gasteiger partial charge in [-0.15, -0.1) is 0 Å². The van der Waals surface area contributed by atoms with Crippen LogP contribution < -0.4 is 5.73 Å². The zero-order valence-corrected chi connectivity index (χ0v) is 12.5. The van der Waals surface area contributed by atoms with Gasteiger partial charge in [0.2, 0.25) is 5.91 Å². The van der Waals surface area contributed by atoms with Gasteiger partial charge in [0.05, 0.1) is 0 Å². The van der Waals surface area contributed by atoms with Crippen molar-refractivity contribution in [2.24, 2.45) is 23.5 Å². The molecular formula is C15H30N2O. The van der Waals surface area contributed by atoms with Gasteiger partial charge >= 0.3 is 0 Å². The van der Waals surface area contributed by atoms with Crippen LogP contribution in [-0.4, -0.2) is 29.9 Å². The summed E-state index contributed by atoms with van der Waals surface area (Å²) >= 11 is 0. The van der Waals surface area contributed by atoms with Crippen LogP contribution in [0.3, 0.4) is 0 Å². The van der Waals surface area contributed by atoms with Crippen molar-refractivity contribution in [3.05, 3.63) is 0 Å². The summed E-state index contributed by atoms with van der Waals surface area (Å²) in [7, 11) is 0. The summed E-state index contributed by atoms with van der Waals surface area (Å²) < 4.78 is 0. The summed E-state index contributed by atoms with van der Waals surface area (Å²) in [5.41, 5.74) is 5.70. The quantitative estimate of drug-likeness (QED) is 0.820. The average Bonchev–Trinajstić information content (AvgIpc) is 2.34. The average molecular weight is 254 g/mol. The lowest BCUT2D eigenvalue weighted by Gasteiger charge is -2.35. The van der Waals surface area contributed by atoms with Crippen molar-refractivity contribution in [3.63, 3.8) is 0 Å². The zero-order valence-electron chi connectivity index (χ0n) is 12.5. The van der Waals surface area contributed by atoms with Gasteiger partial charge in [-0.3, -0.25) is 4.79 Å². The van der Waals surface area contributed by atoms with E-state index in [-0.39, 0.29) is 5.92 Å². The van der Waals surface area contributed by atoms with E-state index in [1.54, 1.807) is 0 Å². The number of carbonyl (C=O) groups excluding carboxylic acids is 1. The highest BCUT2D eigenvalue weighted by Crippen LogP contribution is 2.30. The highest BCUT2D eigenvalue weighted by Gasteiger charge is 2.30. The van der Waals surface area contributed by atoms with E-state index in [0.29, 0.717) is 23.8 Å². The smallest absolute Gasteiger partial charge is 0.225 e. The summed E-state index contributed by atoms with van der Waals surface area (Å²) in [4.78, 5) is 14.6. The molecule has 1 saturated carbocycles. The second-order valence-corrected chi connectivity index (χ2v) is 6.43. The Labute approximate surface area is 112 Å².